The highest BCUT2D eigenvalue weighted by atomic mass is 16.1. The SMILES string of the molecule is CN(C)CCNC(=O)CCCn1c2ccccc2c2cn[nH]c(=O)c21. The van der Waals surface area contributed by atoms with Crippen LogP contribution in [0.1, 0.15) is 12.8 Å². The van der Waals surface area contributed by atoms with Crippen molar-refractivity contribution in [2.45, 2.75) is 19.4 Å². The number of carbonyl (C=O) groups excluding carboxylic acids is 1. The Morgan fingerprint density at radius 1 is 1.28 bits per heavy atom. The average Bonchev–Trinajstić information content (AvgIpc) is 2.90. The molecule has 1 amide bonds. The maximum Gasteiger partial charge on any atom is 0.288 e. The van der Waals surface area contributed by atoms with Crippen LogP contribution in [-0.4, -0.2) is 52.8 Å². The molecular weight excluding hydrogens is 318 g/mol. The van der Waals surface area contributed by atoms with Crippen LogP contribution in [0.5, 0.6) is 0 Å². The number of hydrogen-bond acceptors (Lipinski definition) is 4. The molecule has 0 fully saturated rings. The average molecular weight is 341 g/mol. The highest BCUT2D eigenvalue weighted by molar-refractivity contribution is 6.07. The van der Waals surface area contributed by atoms with Crippen LogP contribution in [0.25, 0.3) is 21.8 Å². The summed E-state index contributed by atoms with van der Waals surface area (Å²) < 4.78 is 1.98. The summed E-state index contributed by atoms with van der Waals surface area (Å²) in [6.07, 6.45) is 2.79. The lowest BCUT2D eigenvalue weighted by molar-refractivity contribution is -0.121. The summed E-state index contributed by atoms with van der Waals surface area (Å²) in [4.78, 5) is 26.2. The Kier molecular flexibility index (Phi) is 5.14. The third-order valence-electron chi connectivity index (χ3n) is 4.25. The second-order valence-electron chi connectivity index (χ2n) is 6.39. The van der Waals surface area contributed by atoms with Gasteiger partial charge in [0.05, 0.1) is 6.20 Å². The monoisotopic (exact) mass is 341 g/mol. The largest absolute Gasteiger partial charge is 0.355 e. The van der Waals surface area contributed by atoms with Crippen molar-refractivity contribution in [1.82, 2.24) is 25.0 Å². The van der Waals surface area contributed by atoms with E-state index in [4.69, 9.17) is 0 Å². The van der Waals surface area contributed by atoms with Crippen molar-refractivity contribution in [3.05, 3.63) is 40.8 Å². The van der Waals surface area contributed by atoms with Gasteiger partial charge in [0.1, 0.15) is 5.52 Å². The number of carbonyl (C=O) groups is 1. The number of rotatable bonds is 7. The van der Waals surface area contributed by atoms with Crippen LogP contribution in [0.2, 0.25) is 0 Å². The number of fused-ring (bicyclic) bond motifs is 3. The molecule has 3 aromatic rings. The molecule has 0 aliphatic rings. The number of amides is 1. The normalized spacial score (nSPS) is 11.5. The Bertz CT molecular complexity index is 941. The molecule has 3 rings (SSSR count). The number of nitrogens with zero attached hydrogens (tertiary/aromatic N) is 3. The zero-order chi connectivity index (χ0) is 17.8. The van der Waals surface area contributed by atoms with Crippen LogP contribution >= 0.6 is 0 Å². The minimum absolute atomic E-state index is 0.0400. The van der Waals surface area contributed by atoms with Crippen molar-refractivity contribution in [3.8, 4) is 0 Å². The number of para-hydroxylation sites is 1. The molecule has 0 spiro atoms. The summed E-state index contributed by atoms with van der Waals surface area (Å²) >= 11 is 0. The van der Waals surface area contributed by atoms with Gasteiger partial charge in [-0.05, 0) is 26.6 Å². The predicted octanol–water partition coefficient (Wildman–Crippen LogP) is 1.34. The fourth-order valence-electron chi connectivity index (χ4n) is 3.05. The number of nitrogens with one attached hydrogen (secondary N) is 2. The van der Waals surface area contributed by atoms with Crippen molar-refractivity contribution in [3.63, 3.8) is 0 Å². The number of hydrogen-bond donors (Lipinski definition) is 2. The van der Waals surface area contributed by atoms with E-state index in [0.717, 1.165) is 22.8 Å². The minimum Gasteiger partial charge on any atom is -0.355 e. The quantitative estimate of drug-likeness (QED) is 0.679. The standard InChI is InChI=1S/C18H23N5O2/c1-22(2)11-9-19-16(24)8-5-10-23-15-7-4-3-6-13(15)14-12-20-21-18(25)17(14)23/h3-4,6-7,12H,5,8-11H2,1-2H3,(H,19,24)(H,21,25). The third kappa shape index (κ3) is 3.71. The third-order valence-corrected chi connectivity index (χ3v) is 4.25. The van der Waals surface area contributed by atoms with Gasteiger partial charge >= 0.3 is 0 Å². The first kappa shape index (κ1) is 17.2. The molecule has 7 heteroatoms. The maximum atomic E-state index is 12.2. The molecule has 0 bridgehead atoms. The lowest BCUT2D eigenvalue weighted by Gasteiger charge is -2.11. The van der Waals surface area contributed by atoms with Crippen LogP contribution in [0.4, 0.5) is 0 Å². The summed E-state index contributed by atoms with van der Waals surface area (Å²) in [7, 11) is 3.95. The molecule has 0 radical (unpaired) electrons. The van der Waals surface area contributed by atoms with Gasteiger partial charge in [0.15, 0.2) is 0 Å². The van der Waals surface area contributed by atoms with E-state index in [1.807, 2.05) is 47.8 Å². The van der Waals surface area contributed by atoms with Crippen molar-refractivity contribution in [2.24, 2.45) is 0 Å². The molecule has 0 aliphatic carbocycles. The van der Waals surface area contributed by atoms with Gasteiger partial charge in [-0.2, -0.15) is 5.10 Å². The number of aryl methyl sites for hydroxylation is 1. The molecule has 132 valence electrons. The van der Waals surface area contributed by atoms with Gasteiger partial charge in [-0.3, -0.25) is 9.59 Å². The zero-order valence-electron chi connectivity index (χ0n) is 14.6. The van der Waals surface area contributed by atoms with Gasteiger partial charge < -0.3 is 14.8 Å². The van der Waals surface area contributed by atoms with Crippen LogP contribution in [0.15, 0.2) is 35.3 Å². The number of benzene rings is 1. The van der Waals surface area contributed by atoms with Gasteiger partial charge in [0.25, 0.3) is 5.56 Å². The van der Waals surface area contributed by atoms with Crippen molar-refractivity contribution in [2.75, 3.05) is 27.2 Å². The zero-order valence-corrected chi connectivity index (χ0v) is 14.6. The van der Waals surface area contributed by atoms with Gasteiger partial charge in [0.2, 0.25) is 5.91 Å². The molecule has 2 heterocycles. The molecule has 0 unspecified atom stereocenters. The second-order valence-corrected chi connectivity index (χ2v) is 6.39. The fraction of sp³-hybridized carbons (Fsp3) is 0.389. The Morgan fingerprint density at radius 3 is 2.88 bits per heavy atom. The van der Waals surface area contributed by atoms with Crippen LogP contribution in [0.3, 0.4) is 0 Å². The Balaban J connectivity index is 1.75. The first-order chi connectivity index (χ1) is 12.1. The molecule has 25 heavy (non-hydrogen) atoms. The fourth-order valence-corrected chi connectivity index (χ4v) is 3.05. The van der Waals surface area contributed by atoms with Crippen LogP contribution in [0, 0.1) is 0 Å². The van der Waals surface area contributed by atoms with E-state index >= 15 is 0 Å². The van der Waals surface area contributed by atoms with E-state index in [9.17, 15) is 9.59 Å². The molecule has 0 atom stereocenters. The van der Waals surface area contributed by atoms with Gasteiger partial charge in [-0.25, -0.2) is 5.10 Å². The van der Waals surface area contributed by atoms with Gasteiger partial charge in [0, 0.05) is 42.3 Å². The summed E-state index contributed by atoms with van der Waals surface area (Å²) in [6.45, 7) is 2.08. The maximum absolute atomic E-state index is 12.2. The number of likely N-dealkylation sites (N-methyl/N-ethyl adjacent to an activating group) is 1. The second kappa shape index (κ2) is 7.48. The molecule has 7 nitrogen and oxygen atoms in total. The van der Waals surface area contributed by atoms with Crippen LogP contribution < -0.4 is 10.9 Å². The van der Waals surface area contributed by atoms with E-state index in [2.05, 4.69) is 15.5 Å². The van der Waals surface area contributed by atoms with E-state index in [1.165, 1.54) is 0 Å². The first-order valence-electron chi connectivity index (χ1n) is 8.44. The van der Waals surface area contributed by atoms with E-state index in [0.29, 0.717) is 31.4 Å². The smallest absolute Gasteiger partial charge is 0.288 e. The molecule has 0 saturated carbocycles. The number of aromatic amines is 1. The molecule has 1 aromatic carbocycles. The van der Waals surface area contributed by atoms with Gasteiger partial charge in [-0.15, -0.1) is 0 Å². The lowest BCUT2D eigenvalue weighted by atomic mass is 10.2. The lowest BCUT2D eigenvalue weighted by Crippen LogP contribution is -2.31. The molecule has 0 aliphatic heterocycles. The highest BCUT2D eigenvalue weighted by Gasteiger charge is 2.13. The van der Waals surface area contributed by atoms with E-state index in [1.54, 1.807) is 6.20 Å². The molecule has 2 aromatic heterocycles. The summed E-state index contributed by atoms with van der Waals surface area (Å²) in [5.41, 5.74) is 1.40. The van der Waals surface area contributed by atoms with E-state index in [-0.39, 0.29) is 11.5 Å². The Morgan fingerprint density at radius 2 is 2.08 bits per heavy atom. The predicted molar refractivity (Wildman–Crippen MR) is 98.7 cm³/mol. The minimum atomic E-state index is -0.205. The highest BCUT2D eigenvalue weighted by Crippen LogP contribution is 2.26. The molecular formula is C18H23N5O2. The summed E-state index contributed by atoms with van der Waals surface area (Å²) in [5, 5.41) is 11.2. The van der Waals surface area contributed by atoms with Crippen molar-refractivity contribution < 1.29 is 4.79 Å². The van der Waals surface area contributed by atoms with Crippen molar-refractivity contribution >= 4 is 27.7 Å². The Labute approximate surface area is 145 Å². The number of aromatic nitrogens is 3. The van der Waals surface area contributed by atoms with Crippen molar-refractivity contribution in [1.29, 1.82) is 0 Å². The summed E-state index contributed by atoms with van der Waals surface area (Å²) in [5.74, 6) is 0.0400. The Hall–Kier alpha value is -2.67. The van der Waals surface area contributed by atoms with Gasteiger partial charge in [-0.1, -0.05) is 18.2 Å². The van der Waals surface area contributed by atoms with E-state index < -0.39 is 0 Å². The summed E-state index contributed by atoms with van der Waals surface area (Å²) in [6, 6.07) is 7.88. The molecule has 0 saturated heterocycles. The topological polar surface area (TPSA) is 83.0 Å². The molecule has 2 N–H and O–H groups in total. The number of H-pyrrole nitrogens is 1. The van der Waals surface area contributed by atoms with Crippen LogP contribution in [-0.2, 0) is 11.3 Å². The first-order valence-corrected chi connectivity index (χ1v) is 8.44.